The maximum absolute atomic E-state index is 13.5. The minimum Gasteiger partial charge on any atom is -0.381 e. The lowest BCUT2D eigenvalue weighted by Crippen LogP contribution is -2.54. The van der Waals surface area contributed by atoms with E-state index in [1.807, 2.05) is 0 Å². The zero-order valence-corrected chi connectivity index (χ0v) is 15.3. The van der Waals surface area contributed by atoms with Gasteiger partial charge in [0.05, 0.1) is 5.41 Å². The average Bonchev–Trinajstić information content (AvgIpc) is 3.06. The Balaban J connectivity index is 1.57. The molecule has 1 amide bonds. The van der Waals surface area contributed by atoms with Crippen molar-refractivity contribution in [2.24, 2.45) is 0 Å². The number of rotatable bonds is 3. The molecule has 0 aliphatic carbocycles. The normalized spacial score (nSPS) is 29.2. The fourth-order valence-corrected chi connectivity index (χ4v) is 5.17. The summed E-state index contributed by atoms with van der Waals surface area (Å²) in [5, 5.41) is 3.48. The highest BCUT2D eigenvalue weighted by atomic mass is 16.5. The first-order chi connectivity index (χ1) is 12.2. The van der Waals surface area contributed by atoms with E-state index in [2.05, 4.69) is 41.4 Å². The van der Waals surface area contributed by atoms with Gasteiger partial charge in [0, 0.05) is 31.8 Å². The third-order valence-electron chi connectivity index (χ3n) is 6.61. The fraction of sp³-hybridized carbons (Fsp3) is 0.667. The number of piperidine rings is 1. The van der Waals surface area contributed by atoms with Crippen LogP contribution in [0.5, 0.6) is 0 Å². The molecule has 0 unspecified atom stereocenters. The van der Waals surface area contributed by atoms with Crippen LogP contribution in [0.4, 0.5) is 0 Å². The first kappa shape index (κ1) is 17.0. The third kappa shape index (κ3) is 3.11. The van der Waals surface area contributed by atoms with Gasteiger partial charge in [-0.25, -0.2) is 0 Å². The van der Waals surface area contributed by atoms with E-state index in [9.17, 15) is 4.79 Å². The van der Waals surface area contributed by atoms with Gasteiger partial charge in [0.25, 0.3) is 0 Å². The Morgan fingerprint density at radius 2 is 1.96 bits per heavy atom. The second-order valence-electron chi connectivity index (χ2n) is 7.98. The molecule has 3 aliphatic rings. The largest absolute Gasteiger partial charge is 0.381 e. The van der Waals surface area contributed by atoms with Crippen molar-refractivity contribution in [2.45, 2.75) is 62.9 Å². The molecule has 2 atom stereocenters. The lowest BCUT2D eigenvalue weighted by atomic mass is 9.71. The third-order valence-corrected chi connectivity index (χ3v) is 6.61. The second-order valence-corrected chi connectivity index (χ2v) is 7.98. The van der Waals surface area contributed by atoms with Crippen LogP contribution in [-0.2, 0) is 14.9 Å². The van der Waals surface area contributed by atoms with Crippen LogP contribution in [0.25, 0.3) is 0 Å². The molecule has 0 spiro atoms. The standard InChI is InChI=1S/C21H30N2O2/c1-16-6-2-3-7-17(16)21(10-14-25-15-11-21)20(24)22-18-9-13-23-12-5-4-8-19(18)23/h2-3,6-7,18-19H,4-5,8-15H2,1H3,(H,22,24)/t18-,19+/m0/s1. The molecule has 4 nitrogen and oxygen atoms in total. The zero-order chi connectivity index (χ0) is 17.3. The van der Waals surface area contributed by atoms with Gasteiger partial charge in [0.15, 0.2) is 0 Å². The van der Waals surface area contributed by atoms with Gasteiger partial charge in [-0.3, -0.25) is 9.69 Å². The van der Waals surface area contributed by atoms with Crippen LogP contribution < -0.4 is 5.32 Å². The molecular formula is C21H30N2O2. The summed E-state index contributed by atoms with van der Waals surface area (Å²) in [5.41, 5.74) is 1.98. The molecule has 1 aromatic carbocycles. The van der Waals surface area contributed by atoms with Crippen LogP contribution in [0.2, 0.25) is 0 Å². The summed E-state index contributed by atoms with van der Waals surface area (Å²) >= 11 is 0. The van der Waals surface area contributed by atoms with Crippen molar-refractivity contribution in [3.8, 4) is 0 Å². The maximum atomic E-state index is 13.5. The van der Waals surface area contributed by atoms with Crippen LogP contribution >= 0.6 is 0 Å². The van der Waals surface area contributed by atoms with E-state index >= 15 is 0 Å². The molecule has 3 saturated heterocycles. The highest BCUT2D eigenvalue weighted by molar-refractivity contribution is 5.89. The number of fused-ring (bicyclic) bond motifs is 1. The van der Waals surface area contributed by atoms with Gasteiger partial charge >= 0.3 is 0 Å². The number of hydrogen-bond donors (Lipinski definition) is 1. The predicted octanol–water partition coefficient (Wildman–Crippen LogP) is 2.79. The van der Waals surface area contributed by atoms with Crippen LogP contribution in [0.15, 0.2) is 24.3 Å². The van der Waals surface area contributed by atoms with Crippen molar-refractivity contribution in [1.82, 2.24) is 10.2 Å². The molecule has 136 valence electrons. The van der Waals surface area contributed by atoms with Gasteiger partial charge in [0.2, 0.25) is 5.91 Å². The van der Waals surface area contributed by atoms with E-state index in [4.69, 9.17) is 4.74 Å². The number of amides is 1. The number of hydrogen-bond acceptors (Lipinski definition) is 3. The summed E-state index contributed by atoms with van der Waals surface area (Å²) in [7, 11) is 0. The van der Waals surface area contributed by atoms with Gasteiger partial charge in [-0.2, -0.15) is 0 Å². The van der Waals surface area contributed by atoms with Crippen molar-refractivity contribution >= 4 is 5.91 Å². The van der Waals surface area contributed by atoms with E-state index in [1.54, 1.807) is 0 Å². The molecule has 0 bridgehead atoms. The van der Waals surface area contributed by atoms with E-state index in [0.717, 1.165) is 25.8 Å². The van der Waals surface area contributed by atoms with Gasteiger partial charge in [-0.05, 0) is 56.7 Å². The Kier molecular flexibility index (Phi) is 4.83. The average molecular weight is 342 g/mol. The number of aryl methyl sites for hydroxylation is 1. The fourth-order valence-electron chi connectivity index (χ4n) is 5.17. The topological polar surface area (TPSA) is 41.6 Å². The van der Waals surface area contributed by atoms with Gasteiger partial charge in [0.1, 0.15) is 0 Å². The van der Waals surface area contributed by atoms with Crippen LogP contribution in [0.3, 0.4) is 0 Å². The van der Waals surface area contributed by atoms with E-state index < -0.39 is 5.41 Å². The molecule has 4 rings (SSSR count). The second kappa shape index (κ2) is 7.08. The molecule has 0 aromatic heterocycles. The van der Waals surface area contributed by atoms with E-state index in [0.29, 0.717) is 25.3 Å². The van der Waals surface area contributed by atoms with Crippen LogP contribution in [0, 0.1) is 6.92 Å². The van der Waals surface area contributed by atoms with Gasteiger partial charge < -0.3 is 10.1 Å². The van der Waals surface area contributed by atoms with Crippen molar-refractivity contribution in [3.05, 3.63) is 35.4 Å². The Bertz CT molecular complexity index is 624. The summed E-state index contributed by atoms with van der Waals surface area (Å²) in [5.74, 6) is 0.225. The Morgan fingerprint density at radius 3 is 2.76 bits per heavy atom. The smallest absolute Gasteiger partial charge is 0.231 e. The van der Waals surface area contributed by atoms with E-state index in [1.165, 1.54) is 36.9 Å². The van der Waals surface area contributed by atoms with E-state index in [-0.39, 0.29) is 5.91 Å². The number of nitrogens with one attached hydrogen (secondary N) is 1. The molecule has 3 heterocycles. The highest BCUT2D eigenvalue weighted by Crippen LogP contribution is 2.38. The Hall–Kier alpha value is -1.39. The number of nitrogens with zero attached hydrogens (tertiary/aromatic N) is 1. The molecule has 4 heteroatoms. The first-order valence-electron chi connectivity index (χ1n) is 9.90. The Labute approximate surface area is 150 Å². The monoisotopic (exact) mass is 342 g/mol. The summed E-state index contributed by atoms with van der Waals surface area (Å²) in [6, 6.07) is 9.24. The molecule has 3 aliphatic heterocycles. The quantitative estimate of drug-likeness (QED) is 0.918. The van der Waals surface area contributed by atoms with Crippen LogP contribution in [0.1, 0.15) is 49.7 Å². The Morgan fingerprint density at radius 1 is 1.16 bits per heavy atom. The molecule has 1 aromatic rings. The minimum absolute atomic E-state index is 0.225. The number of ether oxygens (including phenoxy) is 1. The molecule has 0 saturated carbocycles. The SMILES string of the molecule is Cc1ccccc1C1(C(=O)N[C@H]2CCN3CCCC[C@H]23)CCOCC1. The summed E-state index contributed by atoms with van der Waals surface area (Å²) in [4.78, 5) is 16.1. The zero-order valence-electron chi connectivity index (χ0n) is 15.3. The molecule has 0 radical (unpaired) electrons. The maximum Gasteiger partial charge on any atom is 0.231 e. The lowest BCUT2D eigenvalue weighted by Gasteiger charge is -2.39. The highest BCUT2D eigenvalue weighted by Gasteiger charge is 2.45. The first-order valence-corrected chi connectivity index (χ1v) is 9.90. The minimum atomic E-state index is -0.425. The van der Waals surface area contributed by atoms with Crippen molar-refractivity contribution < 1.29 is 9.53 Å². The number of carbonyl (C=O) groups is 1. The van der Waals surface area contributed by atoms with Gasteiger partial charge in [-0.15, -0.1) is 0 Å². The summed E-state index contributed by atoms with van der Waals surface area (Å²) < 4.78 is 5.60. The number of carbonyl (C=O) groups excluding carboxylic acids is 1. The molecule has 1 N–H and O–H groups in total. The molecular weight excluding hydrogens is 312 g/mol. The lowest BCUT2D eigenvalue weighted by molar-refractivity contribution is -0.131. The predicted molar refractivity (Wildman–Crippen MR) is 98.7 cm³/mol. The summed E-state index contributed by atoms with van der Waals surface area (Å²) in [6.45, 7) is 5.80. The van der Waals surface area contributed by atoms with Crippen molar-refractivity contribution in [1.29, 1.82) is 0 Å². The number of benzene rings is 1. The van der Waals surface area contributed by atoms with Crippen molar-refractivity contribution in [2.75, 3.05) is 26.3 Å². The summed E-state index contributed by atoms with van der Waals surface area (Å²) in [6.07, 6.45) is 6.49. The molecule has 25 heavy (non-hydrogen) atoms. The van der Waals surface area contributed by atoms with Gasteiger partial charge in [-0.1, -0.05) is 30.7 Å². The van der Waals surface area contributed by atoms with Crippen LogP contribution in [-0.4, -0.2) is 49.2 Å². The molecule has 3 fully saturated rings. The van der Waals surface area contributed by atoms with Crippen molar-refractivity contribution in [3.63, 3.8) is 0 Å².